The first-order valence-corrected chi connectivity index (χ1v) is 19.5. The van der Waals surface area contributed by atoms with Crippen LogP contribution in [0.25, 0.3) is 0 Å². The van der Waals surface area contributed by atoms with Crippen LogP contribution in [0.5, 0.6) is 0 Å². The van der Waals surface area contributed by atoms with Gasteiger partial charge in [-0.05, 0) is 44.9 Å². The molecule has 0 radical (unpaired) electrons. The molecule has 0 N–H and O–H groups in total. The highest BCUT2D eigenvalue weighted by Gasteiger charge is 2.20. The highest BCUT2D eigenvalue weighted by atomic mass is 31.2. The second kappa shape index (κ2) is 31.5. The number of carbonyl (C=O) groups is 1. The first-order valence-electron chi connectivity index (χ1n) is 18.0. The molecule has 2 atom stereocenters. The summed E-state index contributed by atoms with van der Waals surface area (Å²) in [6, 6.07) is 0. The van der Waals surface area contributed by atoms with Gasteiger partial charge in [-0.1, -0.05) is 126 Å². The third-order valence-electron chi connectivity index (χ3n) is 7.10. The van der Waals surface area contributed by atoms with Crippen LogP contribution in [-0.2, 0) is 27.9 Å². The fourth-order valence-corrected chi connectivity index (χ4v) is 5.04. The molecule has 0 spiro atoms. The molecule has 0 aromatic heterocycles. The van der Waals surface area contributed by atoms with Crippen LogP contribution < -0.4 is 4.89 Å². The SMILES string of the molecule is CC/C=C\C/C=C\C/C=C\C/C=C\C/C=C\CCOCC(COP(=O)([O-])OCC[N+](C)(C)C)OC(=O)CCCCCCCCCCC. The number of hydrogen-bond donors (Lipinski definition) is 0. The molecule has 0 rings (SSSR count). The zero-order valence-electron chi connectivity index (χ0n) is 30.5. The molecule has 8 nitrogen and oxygen atoms in total. The van der Waals surface area contributed by atoms with E-state index in [1.807, 2.05) is 27.2 Å². The Hall–Kier alpha value is -1.80. The van der Waals surface area contributed by atoms with Crippen LogP contribution in [0, 0.1) is 0 Å². The van der Waals surface area contributed by atoms with Crippen molar-refractivity contribution in [3.63, 3.8) is 0 Å². The van der Waals surface area contributed by atoms with Gasteiger partial charge < -0.3 is 27.9 Å². The maximum atomic E-state index is 12.5. The molecule has 0 aliphatic heterocycles. The minimum Gasteiger partial charge on any atom is -0.756 e. The molecule has 0 aliphatic rings. The van der Waals surface area contributed by atoms with Crippen LogP contribution in [0.3, 0.4) is 0 Å². The molecule has 0 saturated heterocycles. The number of quaternary nitrogens is 1. The fourth-order valence-electron chi connectivity index (χ4n) is 4.31. The van der Waals surface area contributed by atoms with Crippen LogP contribution >= 0.6 is 7.82 Å². The quantitative estimate of drug-likeness (QED) is 0.0230. The zero-order chi connectivity index (χ0) is 34.9. The fraction of sp³-hybridized carbons (Fsp3) is 0.711. The van der Waals surface area contributed by atoms with Crippen LogP contribution in [0.2, 0.25) is 0 Å². The molecular formula is C38H68NO7P. The molecule has 0 amide bonds. The Morgan fingerprint density at radius 2 is 1.19 bits per heavy atom. The number of hydrogen-bond acceptors (Lipinski definition) is 7. The van der Waals surface area contributed by atoms with E-state index in [2.05, 4.69) is 68.5 Å². The van der Waals surface area contributed by atoms with Gasteiger partial charge in [0.25, 0.3) is 7.82 Å². The van der Waals surface area contributed by atoms with E-state index in [1.54, 1.807) is 0 Å². The van der Waals surface area contributed by atoms with Crippen LogP contribution in [0.1, 0.15) is 117 Å². The van der Waals surface area contributed by atoms with E-state index in [4.69, 9.17) is 18.5 Å². The van der Waals surface area contributed by atoms with Crippen LogP contribution in [-0.4, -0.2) is 70.7 Å². The van der Waals surface area contributed by atoms with Gasteiger partial charge in [0.05, 0.1) is 41.0 Å². The predicted molar refractivity (Wildman–Crippen MR) is 194 cm³/mol. The maximum Gasteiger partial charge on any atom is 0.306 e. The van der Waals surface area contributed by atoms with Crippen molar-refractivity contribution in [2.24, 2.45) is 0 Å². The summed E-state index contributed by atoms with van der Waals surface area (Å²) < 4.78 is 34.2. The van der Waals surface area contributed by atoms with Crippen molar-refractivity contribution in [3.05, 3.63) is 60.8 Å². The van der Waals surface area contributed by atoms with Crippen LogP contribution in [0.15, 0.2) is 60.8 Å². The molecule has 0 saturated carbocycles. The lowest BCUT2D eigenvalue weighted by Crippen LogP contribution is -2.37. The average Bonchev–Trinajstić information content (AvgIpc) is 3.01. The van der Waals surface area contributed by atoms with Gasteiger partial charge in [0.15, 0.2) is 0 Å². The number of likely N-dealkylation sites (N-methyl/N-ethyl adjacent to an activating group) is 1. The molecule has 0 fully saturated rings. The number of ether oxygens (including phenoxy) is 2. The van der Waals surface area contributed by atoms with E-state index in [0.29, 0.717) is 30.5 Å². The number of allylic oxidation sites excluding steroid dienone is 9. The second-order valence-corrected chi connectivity index (χ2v) is 14.3. The van der Waals surface area contributed by atoms with Crippen molar-refractivity contribution >= 4 is 13.8 Å². The van der Waals surface area contributed by atoms with Gasteiger partial charge in [-0.25, -0.2) is 0 Å². The van der Waals surface area contributed by atoms with E-state index in [-0.39, 0.29) is 25.8 Å². The van der Waals surface area contributed by atoms with Gasteiger partial charge in [-0.2, -0.15) is 0 Å². The summed E-state index contributed by atoms with van der Waals surface area (Å²) >= 11 is 0. The molecule has 0 bridgehead atoms. The highest BCUT2D eigenvalue weighted by molar-refractivity contribution is 7.45. The monoisotopic (exact) mass is 681 g/mol. The molecule has 47 heavy (non-hydrogen) atoms. The maximum absolute atomic E-state index is 12.5. The molecule has 0 aliphatic carbocycles. The van der Waals surface area contributed by atoms with E-state index in [1.165, 1.54) is 38.5 Å². The summed E-state index contributed by atoms with van der Waals surface area (Å²) in [5, 5.41) is 0. The van der Waals surface area contributed by atoms with E-state index in [9.17, 15) is 14.3 Å². The minimum atomic E-state index is -4.53. The lowest BCUT2D eigenvalue weighted by molar-refractivity contribution is -0.870. The average molecular weight is 682 g/mol. The topological polar surface area (TPSA) is 94.1 Å². The Labute approximate surface area is 288 Å². The number of phosphoric ester groups is 1. The molecule has 0 aromatic carbocycles. The Morgan fingerprint density at radius 3 is 1.72 bits per heavy atom. The minimum absolute atomic E-state index is 0.0110. The van der Waals surface area contributed by atoms with Crippen molar-refractivity contribution in [2.45, 2.75) is 123 Å². The number of carbonyl (C=O) groups excluding carboxylic acids is 1. The Balaban J connectivity index is 4.45. The summed E-state index contributed by atoms with van der Waals surface area (Å²) in [4.78, 5) is 24.8. The summed E-state index contributed by atoms with van der Waals surface area (Å²) in [5.74, 6) is -0.366. The van der Waals surface area contributed by atoms with E-state index in [0.717, 1.165) is 51.4 Å². The molecular weight excluding hydrogens is 613 g/mol. The smallest absolute Gasteiger partial charge is 0.306 e. The van der Waals surface area contributed by atoms with Crippen LogP contribution in [0.4, 0.5) is 0 Å². The Bertz CT molecular complexity index is 937. The summed E-state index contributed by atoms with van der Waals surface area (Å²) in [6.07, 6.45) is 36.9. The second-order valence-electron chi connectivity index (χ2n) is 12.9. The molecule has 272 valence electrons. The first-order chi connectivity index (χ1) is 22.6. The molecule has 2 unspecified atom stereocenters. The van der Waals surface area contributed by atoms with Crippen molar-refractivity contribution in [3.8, 4) is 0 Å². The van der Waals surface area contributed by atoms with Gasteiger partial charge in [-0.15, -0.1) is 0 Å². The number of nitrogens with zero attached hydrogens (tertiary/aromatic N) is 1. The number of unbranched alkanes of at least 4 members (excludes halogenated alkanes) is 8. The normalized spacial score (nSPS) is 14.8. The predicted octanol–water partition coefficient (Wildman–Crippen LogP) is 9.19. The Morgan fingerprint density at radius 1 is 0.681 bits per heavy atom. The number of esters is 1. The van der Waals surface area contributed by atoms with Crippen molar-refractivity contribution < 1.29 is 37.3 Å². The lowest BCUT2D eigenvalue weighted by Gasteiger charge is -2.28. The van der Waals surface area contributed by atoms with Crippen molar-refractivity contribution in [2.75, 3.05) is 54.1 Å². The van der Waals surface area contributed by atoms with Gasteiger partial charge in [-0.3, -0.25) is 9.36 Å². The van der Waals surface area contributed by atoms with Crippen molar-refractivity contribution in [1.29, 1.82) is 0 Å². The summed E-state index contributed by atoms with van der Waals surface area (Å²) in [7, 11) is 1.30. The van der Waals surface area contributed by atoms with Crippen molar-refractivity contribution in [1.82, 2.24) is 0 Å². The number of phosphoric acid groups is 1. The molecule has 0 aromatic rings. The molecule has 0 heterocycles. The highest BCUT2D eigenvalue weighted by Crippen LogP contribution is 2.38. The first kappa shape index (κ1) is 45.2. The van der Waals surface area contributed by atoms with E-state index >= 15 is 0 Å². The largest absolute Gasteiger partial charge is 0.756 e. The van der Waals surface area contributed by atoms with Gasteiger partial charge in [0.2, 0.25) is 0 Å². The van der Waals surface area contributed by atoms with Gasteiger partial charge in [0, 0.05) is 6.42 Å². The lowest BCUT2D eigenvalue weighted by atomic mass is 10.1. The third kappa shape index (κ3) is 35.3. The number of rotatable bonds is 32. The van der Waals surface area contributed by atoms with Gasteiger partial charge >= 0.3 is 5.97 Å². The standard InChI is InChI=1S/C38H68NO7P/c1-6-8-10-12-14-16-17-18-19-20-21-22-24-26-28-30-33-43-35-37(36-45-47(41,42)44-34-32-39(3,4)5)46-38(40)31-29-27-25-23-15-13-11-9-7-2/h8,10,14,16,18-19,21-22,26,28,37H,6-7,9,11-13,15,17,20,23-25,27,29-36H2,1-5H3/b10-8-,16-14-,19-18-,22-21-,28-26-. The zero-order valence-corrected chi connectivity index (χ0v) is 31.3. The van der Waals surface area contributed by atoms with E-state index < -0.39 is 13.9 Å². The van der Waals surface area contributed by atoms with Gasteiger partial charge in [0.1, 0.15) is 19.3 Å². The summed E-state index contributed by atoms with van der Waals surface area (Å²) in [6.45, 7) is 5.01. The molecule has 9 heteroatoms. The Kier molecular flexibility index (Phi) is 30.3. The summed E-state index contributed by atoms with van der Waals surface area (Å²) in [5.41, 5.74) is 0. The third-order valence-corrected chi connectivity index (χ3v) is 8.07.